The predicted molar refractivity (Wildman–Crippen MR) is 5.69 cm³/mol. The molecule has 30 valence electrons. The summed E-state index contributed by atoms with van der Waals surface area (Å²) in [7, 11) is 0. The summed E-state index contributed by atoms with van der Waals surface area (Å²) in [6.45, 7) is 0. The molecule has 0 spiro atoms. The van der Waals surface area contributed by atoms with Gasteiger partial charge in [0.25, 0.3) is 0 Å². The zero-order chi connectivity index (χ0) is 2.71. The van der Waals surface area contributed by atoms with E-state index < -0.39 is 0 Å². The molecule has 0 saturated heterocycles. The van der Waals surface area contributed by atoms with E-state index in [9.17, 15) is 0 Å². The maximum atomic E-state index is 8.67. The van der Waals surface area contributed by atoms with Crippen molar-refractivity contribution in [1.29, 1.82) is 0 Å². The molecule has 1 nitrogen and oxygen atoms in total. The van der Waals surface area contributed by atoms with Crippen LogP contribution in [0.1, 0.15) is 0 Å². The zero-order valence-corrected chi connectivity index (χ0v) is 6.09. The van der Waals surface area contributed by atoms with Gasteiger partial charge in [-0.25, -0.2) is 0 Å². The fourth-order valence-electron chi connectivity index (χ4n) is 0. The first kappa shape index (κ1) is 8.88. The third-order valence-electron chi connectivity index (χ3n) is 0. The van der Waals surface area contributed by atoms with Crippen molar-refractivity contribution in [2.24, 2.45) is 0 Å². The van der Waals surface area contributed by atoms with Crippen LogP contribution in [0.5, 0.6) is 0 Å². The van der Waals surface area contributed by atoms with Crippen LogP contribution < -0.4 is 0 Å². The molecule has 0 fully saturated rings. The molecule has 0 aromatic carbocycles. The molecule has 0 bridgehead atoms. The molecule has 0 aliphatic carbocycles. The average Bonchev–Trinajstić information content (AvgIpc) is 0.918. The maximum absolute atomic E-state index is 8.67. The molecule has 0 unspecified atom stereocenters. The smallest absolute Gasteiger partial charge is 0 e. The van der Waals surface area contributed by atoms with Crippen molar-refractivity contribution in [1.82, 2.24) is 0 Å². The Morgan fingerprint density at radius 1 is 1.75 bits per heavy atom. The fourth-order valence-corrected chi connectivity index (χ4v) is 0. The van der Waals surface area contributed by atoms with Crippen LogP contribution in [0.25, 0.3) is 0 Å². The molecule has 0 aliphatic heterocycles. The van der Waals surface area contributed by atoms with E-state index in [2.05, 4.69) is 0 Å². The van der Waals surface area contributed by atoms with Gasteiger partial charge in [-0.3, -0.25) is 0 Å². The van der Waals surface area contributed by atoms with E-state index >= 15 is 0 Å². The minimum atomic E-state index is 0. The number of carbonyl (C=O) groups excluding carboxylic acids is 1. The molecular weight excluding hydrogens is 418 g/mol. The van der Waals surface area contributed by atoms with E-state index in [1.54, 1.807) is 0 Å². The van der Waals surface area contributed by atoms with Crippen molar-refractivity contribution in [3.63, 3.8) is 0 Å². The monoisotopic (exact) mass is 418 g/mol. The van der Waals surface area contributed by atoms with E-state index in [0.29, 0.717) is 0 Å². The summed E-state index contributed by atoms with van der Waals surface area (Å²) >= 11 is 1.47. The first-order chi connectivity index (χ1) is 1.41. The molecule has 3 heteroatoms. The van der Waals surface area contributed by atoms with Gasteiger partial charge in [0.2, 0.25) is 0 Å². The quantitative estimate of drug-likeness (QED) is 0.524. The van der Waals surface area contributed by atoms with Gasteiger partial charge in [0.1, 0.15) is 0 Å². The minimum absolute atomic E-state index is 0. The summed E-state index contributed by atoms with van der Waals surface area (Å²) < 4.78 is 1.47. The van der Waals surface area contributed by atoms with E-state index in [1.807, 2.05) is 0 Å². The Morgan fingerprint density at radius 3 is 1.75 bits per heavy atom. The molecule has 0 rings (SSSR count). The third-order valence-corrected chi connectivity index (χ3v) is 0. The molecular formula is COPt2. The first-order valence-electron chi connectivity index (χ1n) is 0.362. The number of rotatable bonds is 0. The Morgan fingerprint density at radius 2 is 1.75 bits per heavy atom. The van der Waals surface area contributed by atoms with Gasteiger partial charge in [-0.05, 0) is 0 Å². The summed E-state index contributed by atoms with van der Waals surface area (Å²) in [6.07, 6.45) is 0. The van der Waals surface area contributed by atoms with Gasteiger partial charge >= 0.3 is 28.4 Å². The molecule has 0 atom stereocenters. The first-order valence-corrected chi connectivity index (χ1v) is 1.50. The topological polar surface area (TPSA) is 17.1 Å². The molecule has 0 amide bonds. The van der Waals surface area contributed by atoms with Gasteiger partial charge in [-0.15, -0.1) is 0 Å². The summed E-state index contributed by atoms with van der Waals surface area (Å²) in [5.41, 5.74) is 0. The molecule has 0 heterocycles. The summed E-state index contributed by atoms with van der Waals surface area (Å²) in [6, 6.07) is 0. The van der Waals surface area contributed by atoms with E-state index in [0.717, 1.165) is 0 Å². The Hall–Kier alpha value is 0.957. The van der Waals surface area contributed by atoms with Gasteiger partial charge in [0.05, 0.1) is 0 Å². The van der Waals surface area contributed by atoms with Gasteiger partial charge < -0.3 is 0 Å². The predicted octanol–water partition coefficient (Wildman–Crippen LogP) is -0.402. The Bertz CT molecular complexity index is 27.0. The normalized spacial score (nSPS) is 2.50. The second kappa shape index (κ2) is 9.03. The van der Waals surface area contributed by atoms with Crippen molar-refractivity contribution in [2.75, 3.05) is 0 Å². The molecule has 0 radical (unpaired) electrons. The van der Waals surface area contributed by atoms with Crippen molar-refractivity contribution in [2.45, 2.75) is 0 Å². The van der Waals surface area contributed by atoms with Gasteiger partial charge in [0, 0.05) is 21.1 Å². The average molecular weight is 418 g/mol. The molecule has 0 aromatic rings. The largest absolute Gasteiger partial charge is 0 e. The molecule has 0 saturated carbocycles. The van der Waals surface area contributed by atoms with Crippen LogP contribution in [-0.2, 0) is 45.2 Å². The zero-order valence-electron chi connectivity index (χ0n) is 1.54. The van der Waals surface area contributed by atoms with Gasteiger partial charge in [-0.2, -0.15) is 0 Å². The van der Waals surface area contributed by atoms with Gasteiger partial charge in [0.15, 0.2) is 0 Å². The van der Waals surface area contributed by atoms with Crippen LogP contribution in [0.4, 0.5) is 0 Å². The third kappa shape index (κ3) is 12.4. The molecule has 0 aliphatic rings. The Kier molecular flexibility index (Phi) is 20.0. The Balaban J connectivity index is 0. The number of hydrogen-bond acceptors (Lipinski definition) is 1. The van der Waals surface area contributed by atoms with Crippen LogP contribution >= 0.6 is 0 Å². The second-order valence-electron chi connectivity index (χ2n) is 0.0645. The maximum Gasteiger partial charge on any atom is 0 e. The summed E-state index contributed by atoms with van der Waals surface area (Å²) in [5.74, 6) is 0. The second-order valence-corrected chi connectivity index (χ2v) is 0.528. The molecule has 4 heavy (non-hydrogen) atoms. The number of hydrogen-bond donors (Lipinski definition) is 0. The Labute approximate surface area is 49.4 Å². The van der Waals surface area contributed by atoms with Crippen LogP contribution in [0.3, 0.4) is 0 Å². The fraction of sp³-hybridized carbons (Fsp3) is 0. The van der Waals surface area contributed by atoms with Crippen molar-refractivity contribution in [3.8, 4) is 0 Å². The van der Waals surface area contributed by atoms with Crippen LogP contribution in [0.2, 0.25) is 0 Å². The standard InChI is InChI=1S/CO.2Pt/c1-2;;. The van der Waals surface area contributed by atoms with Crippen molar-refractivity contribution in [3.05, 3.63) is 0 Å². The SMILES string of the molecule is O=[C]=[Pt].[Pt]. The van der Waals surface area contributed by atoms with E-state index in [-0.39, 0.29) is 21.1 Å². The molecule has 0 N–H and O–H groups in total. The van der Waals surface area contributed by atoms with Crippen LogP contribution in [-0.4, -0.2) is 4.27 Å². The van der Waals surface area contributed by atoms with E-state index in [1.165, 1.54) is 23.6 Å². The van der Waals surface area contributed by atoms with Crippen LogP contribution in [0, 0.1) is 0 Å². The van der Waals surface area contributed by atoms with Gasteiger partial charge in [-0.1, -0.05) is 0 Å². The minimum Gasteiger partial charge on any atom is 0 e. The van der Waals surface area contributed by atoms with Crippen LogP contribution in [0.15, 0.2) is 0 Å². The van der Waals surface area contributed by atoms with E-state index in [4.69, 9.17) is 4.79 Å². The molecule has 0 aromatic heterocycles. The summed E-state index contributed by atoms with van der Waals surface area (Å²) in [5, 5.41) is 0. The van der Waals surface area contributed by atoms with Crippen molar-refractivity contribution >= 4 is 4.27 Å². The summed E-state index contributed by atoms with van der Waals surface area (Å²) in [4.78, 5) is 8.67. The van der Waals surface area contributed by atoms with Crippen molar-refractivity contribution < 1.29 is 45.2 Å².